The highest BCUT2D eigenvalue weighted by Crippen LogP contribution is 2.13. The Morgan fingerprint density at radius 3 is 1.69 bits per heavy atom. The Hall–Kier alpha value is -1.65. The van der Waals surface area contributed by atoms with Gasteiger partial charge in [-0.3, -0.25) is 4.79 Å². The van der Waals surface area contributed by atoms with Crippen molar-refractivity contribution in [2.45, 2.75) is 161 Å². The third-order valence-corrected chi connectivity index (χ3v) is 7.10. The predicted molar refractivity (Wildman–Crippen MR) is 170 cm³/mol. The molecule has 0 aliphatic rings. The highest BCUT2D eigenvalue weighted by atomic mass is 16.3. The summed E-state index contributed by atoms with van der Waals surface area (Å²) in [6.45, 7) is 4.16. The number of amides is 1. The molecule has 0 heterocycles. The fraction of sp³-hybridized carbons (Fsp3) is 0.743. The minimum absolute atomic E-state index is 0.0492. The summed E-state index contributed by atoms with van der Waals surface area (Å²) in [5.41, 5.74) is 0. The second-order valence-corrected chi connectivity index (χ2v) is 10.8. The zero-order valence-corrected chi connectivity index (χ0v) is 25.6. The molecule has 4 heteroatoms. The Morgan fingerprint density at radius 2 is 1.13 bits per heavy atom. The van der Waals surface area contributed by atoms with E-state index in [4.69, 9.17) is 0 Å². The van der Waals surface area contributed by atoms with Gasteiger partial charge in [-0.2, -0.15) is 0 Å². The second-order valence-electron chi connectivity index (χ2n) is 10.8. The topological polar surface area (TPSA) is 69.6 Å². The molecule has 2 unspecified atom stereocenters. The molecule has 39 heavy (non-hydrogen) atoms. The van der Waals surface area contributed by atoms with Crippen LogP contribution in [0, 0.1) is 0 Å². The van der Waals surface area contributed by atoms with E-state index in [0.717, 1.165) is 51.4 Å². The van der Waals surface area contributed by atoms with E-state index in [1.165, 1.54) is 70.6 Å². The lowest BCUT2D eigenvalue weighted by Crippen LogP contribution is -2.45. The van der Waals surface area contributed by atoms with Gasteiger partial charge in [-0.25, -0.2) is 0 Å². The molecule has 0 fully saturated rings. The zero-order chi connectivity index (χ0) is 28.7. The van der Waals surface area contributed by atoms with Crippen LogP contribution in [0.25, 0.3) is 0 Å². The van der Waals surface area contributed by atoms with Crippen LogP contribution in [0.5, 0.6) is 0 Å². The first-order valence-corrected chi connectivity index (χ1v) is 16.3. The van der Waals surface area contributed by atoms with Crippen molar-refractivity contribution in [3.63, 3.8) is 0 Å². The van der Waals surface area contributed by atoms with Gasteiger partial charge in [-0.15, -0.1) is 0 Å². The lowest BCUT2D eigenvalue weighted by Gasteiger charge is -2.22. The van der Waals surface area contributed by atoms with Crippen molar-refractivity contribution in [1.82, 2.24) is 5.32 Å². The van der Waals surface area contributed by atoms with E-state index in [-0.39, 0.29) is 12.5 Å². The van der Waals surface area contributed by atoms with E-state index in [0.29, 0.717) is 12.8 Å². The molecule has 2 atom stereocenters. The maximum atomic E-state index is 12.2. The molecule has 4 nitrogen and oxygen atoms in total. The number of hydrogen-bond acceptors (Lipinski definition) is 3. The molecule has 0 saturated carbocycles. The molecule has 0 aromatic heterocycles. The van der Waals surface area contributed by atoms with Crippen molar-refractivity contribution >= 4 is 5.91 Å². The molecule has 0 aromatic carbocycles. The minimum Gasteiger partial charge on any atom is -0.394 e. The predicted octanol–water partition coefficient (Wildman–Crippen LogP) is 9.28. The highest BCUT2D eigenvalue weighted by molar-refractivity contribution is 5.76. The Morgan fingerprint density at radius 1 is 0.641 bits per heavy atom. The van der Waals surface area contributed by atoms with E-state index >= 15 is 0 Å². The number of unbranched alkanes of at least 4 members (excludes halogenated alkanes) is 13. The van der Waals surface area contributed by atoms with Gasteiger partial charge in [0.05, 0.1) is 18.8 Å². The smallest absolute Gasteiger partial charge is 0.220 e. The van der Waals surface area contributed by atoms with Crippen molar-refractivity contribution in [3.8, 4) is 0 Å². The van der Waals surface area contributed by atoms with Crippen LogP contribution in [-0.4, -0.2) is 34.9 Å². The molecule has 0 rings (SSSR count). The lowest BCUT2D eigenvalue weighted by atomic mass is 10.0. The van der Waals surface area contributed by atoms with Crippen LogP contribution < -0.4 is 5.32 Å². The van der Waals surface area contributed by atoms with Gasteiger partial charge in [0.1, 0.15) is 0 Å². The number of carbonyl (C=O) groups is 1. The first-order valence-electron chi connectivity index (χ1n) is 16.3. The fourth-order valence-corrected chi connectivity index (χ4v) is 4.58. The summed E-state index contributed by atoms with van der Waals surface area (Å²) >= 11 is 0. The number of rotatable bonds is 28. The second kappa shape index (κ2) is 30.9. The summed E-state index contributed by atoms with van der Waals surface area (Å²) in [6, 6.07) is -0.537. The van der Waals surface area contributed by atoms with Crippen LogP contribution in [0.15, 0.2) is 48.6 Å². The average molecular weight is 546 g/mol. The molecule has 0 aliphatic carbocycles. The maximum Gasteiger partial charge on any atom is 0.220 e. The van der Waals surface area contributed by atoms with Crippen molar-refractivity contribution in [2.24, 2.45) is 0 Å². The minimum atomic E-state index is -0.659. The van der Waals surface area contributed by atoms with Gasteiger partial charge in [0, 0.05) is 6.42 Å². The number of nitrogens with one attached hydrogen (secondary N) is 1. The number of aliphatic hydroxyl groups is 2. The average Bonchev–Trinajstić information content (AvgIpc) is 2.94. The fourth-order valence-electron chi connectivity index (χ4n) is 4.58. The molecule has 0 aliphatic heterocycles. The Bertz CT molecular complexity index is 638. The number of hydrogen-bond donors (Lipinski definition) is 3. The highest BCUT2D eigenvalue weighted by Gasteiger charge is 2.19. The standard InChI is InChI=1S/C35H63NO3/c1-3-5-7-9-11-12-13-14-15-16-17-18-19-20-21-22-23-24-25-27-29-31-35(39)36-33(32-37)34(38)30-28-26-10-8-6-4-2/h5,7,11-12,14-15,17-18,33-34,37-38H,3-4,6,8-10,13,16,19-32H2,1-2H3,(H,36,39)/b7-5-,12-11-,15-14-,18-17-. The first-order chi connectivity index (χ1) is 19.2. The number of carbonyl (C=O) groups excluding carboxylic acids is 1. The van der Waals surface area contributed by atoms with Gasteiger partial charge in [-0.1, -0.05) is 140 Å². The van der Waals surface area contributed by atoms with E-state index < -0.39 is 12.1 Å². The molecule has 0 spiro atoms. The molecule has 0 aromatic rings. The van der Waals surface area contributed by atoms with Crippen molar-refractivity contribution < 1.29 is 15.0 Å². The molecule has 0 saturated heterocycles. The molecular formula is C35H63NO3. The molecule has 226 valence electrons. The molecular weight excluding hydrogens is 482 g/mol. The number of allylic oxidation sites excluding steroid dienone is 8. The Balaban J connectivity index is 3.57. The van der Waals surface area contributed by atoms with Gasteiger partial charge in [0.25, 0.3) is 0 Å². The van der Waals surface area contributed by atoms with Gasteiger partial charge in [-0.05, 0) is 51.4 Å². The lowest BCUT2D eigenvalue weighted by molar-refractivity contribution is -0.123. The van der Waals surface area contributed by atoms with Crippen LogP contribution in [0.2, 0.25) is 0 Å². The monoisotopic (exact) mass is 545 g/mol. The summed E-state index contributed by atoms with van der Waals surface area (Å²) in [7, 11) is 0. The summed E-state index contributed by atoms with van der Waals surface area (Å²) in [5, 5.41) is 22.7. The van der Waals surface area contributed by atoms with E-state index in [2.05, 4.69) is 67.8 Å². The van der Waals surface area contributed by atoms with E-state index in [1.807, 2.05) is 0 Å². The summed E-state index contributed by atoms with van der Waals surface area (Å²) < 4.78 is 0. The Labute approximate surface area is 242 Å². The zero-order valence-electron chi connectivity index (χ0n) is 25.6. The molecule has 1 amide bonds. The maximum absolute atomic E-state index is 12.2. The van der Waals surface area contributed by atoms with E-state index in [1.54, 1.807) is 0 Å². The van der Waals surface area contributed by atoms with Crippen LogP contribution in [-0.2, 0) is 4.79 Å². The van der Waals surface area contributed by atoms with Crippen molar-refractivity contribution in [1.29, 1.82) is 0 Å². The normalized spacial score (nSPS) is 13.8. The van der Waals surface area contributed by atoms with Crippen molar-refractivity contribution in [2.75, 3.05) is 6.61 Å². The summed E-state index contributed by atoms with van der Waals surface area (Å²) in [6.07, 6.45) is 40.3. The van der Waals surface area contributed by atoms with Gasteiger partial charge >= 0.3 is 0 Å². The molecule has 3 N–H and O–H groups in total. The Kier molecular flexibility index (Phi) is 29.6. The van der Waals surface area contributed by atoms with Gasteiger partial charge in [0.15, 0.2) is 0 Å². The summed E-state index contributed by atoms with van der Waals surface area (Å²) in [4.78, 5) is 12.2. The van der Waals surface area contributed by atoms with Crippen LogP contribution in [0.3, 0.4) is 0 Å². The number of aliphatic hydroxyl groups excluding tert-OH is 2. The third-order valence-electron chi connectivity index (χ3n) is 7.10. The van der Waals surface area contributed by atoms with Crippen LogP contribution >= 0.6 is 0 Å². The van der Waals surface area contributed by atoms with Gasteiger partial charge < -0.3 is 15.5 Å². The van der Waals surface area contributed by atoms with Crippen molar-refractivity contribution in [3.05, 3.63) is 48.6 Å². The molecule has 0 radical (unpaired) electrons. The third kappa shape index (κ3) is 27.7. The summed E-state index contributed by atoms with van der Waals surface area (Å²) in [5.74, 6) is -0.0492. The van der Waals surface area contributed by atoms with Crippen LogP contribution in [0.4, 0.5) is 0 Å². The van der Waals surface area contributed by atoms with Gasteiger partial charge in [0.2, 0.25) is 5.91 Å². The van der Waals surface area contributed by atoms with E-state index in [9.17, 15) is 15.0 Å². The largest absolute Gasteiger partial charge is 0.394 e. The quantitative estimate of drug-likeness (QED) is 0.0677. The molecule has 0 bridgehead atoms. The SMILES string of the molecule is CC/C=C\C/C=C\C/C=C\C/C=C\CCCCCCCCCCC(=O)NC(CO)C(O)CCCCCCCC. The van der Waals surface area contributed by atoms with Crippen LogP contribution in [0.1, 0.15) is 149 Å². The first kappa shape index (κ1) is 37.4.